The first-order chi connectivity index (χ1) is 18.3. The van der Waals surface area contributed by atoms with E-state index in [-0.39, 0.29) is 5.78 Å². The van der Waals surface area contributed by atoms with Gasteiger partial charge in [0.2, 0.25) is 0 Å². The number of Topliss-reactive ketones (excluding diaryl/α,β-unsaturated/α-hetero) is 1. The molecule has 5 aromatic carbocycles. The molecule has 0 radical (unpaired) electrons. The van der Waals surface area contributed by atoms with Crippen molar-refractivity contribution in [3.63, 3.8) is 0 Å². The Morgan fingerprint density at radius 1 is 0.541 bits per heavy atom. The highest BCUT2D eigenvalue weighted by Crippen LogP contribution is 2.48. The largest absolute Gasteiger partial charge is 0.338 e. The van der Waals surface area contributed by atoms with Crippen LogP contribution in [0.3, 0.4) is 0 Å². The van der Waals surface area contributed by atoms with Crippen molar-refractivity contribution >= 4 is 44.9 Å². The maximum atomic E-state index is 14.7. The lowest BCUT2D eigenvalue weighted by molar-refractivity contribution is 0.106. The summed E-state index contributed by atoms with van der Waals surface area (Å²) in [6.07, 6.45) is 0. The van der Waals surface area contributed by atoms with Crippen LogP contribution in [0.15, 0.2) is 146 Å². The van der Waals surface area contributed by atoms with Gasteiger partial charge < -0.3 is 4.98 Å². The van der Waals surface area contributed by atoms with E-state index >= 15 is 0 Å². The summed E-state index contributed by atoms with van der Waals surface area (Å²) >= 11 is 0. The van der Waals surface area contributed by atoms with Crippen molar-refractivity contribution in [2.45, 2.75) is 0 Å². The number of carbonyl (C=O) groups is 1. The van der Waals surface area contributed by atoms with Gasteiger partial charge in [0.05, 0.1) is 16.3 Å². The van der Waals surface area contributed by atoms with Gasteiger partial charge in [0.15, 0.2) is 5.78 Å². The molecular weight excluding hydrogens is 471 g/mol. The van der Waals surface area contributed by atoms with Gasteiger partial charge in [0.1, 0.15) is 5.82 Å². The van der Waals surface area contributed by atoms with Crippen molar-refractivity contribution in [3.05, 3.63) is 157 Å². The molecule has 0 saturated heterocycles. The number of hydrogen-bond acceptors (Lipinski definition) is 2. The summed E-state index contributed by atoms with van der Waals surface area (Å²) in [6, 6.07) is 48.8. The molecule has 0 atom stereocenters. The van der Waals surface area contributed by atoms with E-state index in [0.29, 0.717) is 16.7 Å². The molecule has 1 N–H and O–H groups in total. The van der Waals surface area contributed by atoms with Crippen molar-refractivity contribution in [2.24, 2.45) is 0 Å². The minimum absolute atomic E-state index is 0.0236. The van der Waals surface area contributed by atoms with Gasteiger partial charge in [-0.2, -0.15) is 0 Å². The van der Waals surface area contributed by atoms with Crippen LogP contribution in [0, 0.1) is 0 Å². The molecule has 37 heavy (non-hydrogen) atoms. The number of aromatic amines is 1. The Hall–Kier alpha value is -4.46. The molecule has 0 spiro atoms. The molecule has 0 unspecified atom stereocenters. The second-order valence-electron chi connectivity index (χ2n) is 8.82. The Morgan fingerprint density at radius 2 is 0.973 bits per heavy atom. The summed E-state index contributed by atoms with van der Waals surface area (Å²) in [7, 11) is 0. The number of hydrogen-bond donors (Lipinski definition) is 1. The van der Waals surface area contributed by atoms with Crippen molar-refractivity contribution in [2.75, 3.05) is 0 Å². The van der Waals surface area contributed by atoms with E-state index in [2.05, 4.69) is 77.8 Å². The van der Waals surface area contributed by atoms with Gasteiger partial charge in [-0.25, -0.2) is 4.98 Å². The molecule has 0 aliphatic rings. The standard InChI is InChI=1S/C33H25N2OP/c36-31(25-15-5-1-6-16-25)32(33-34-29-23-13-14-24-30(29)35-33)37(26-17-7-2-8-18-26,27-19-9-3-10-20-27)28-21-11-4-12-22-28/h1-24H,(H,34,35). The highest BCUT2D eigenvalue weighted by molar-refractivity contribution is 7.96. The Morgan fingerprint density at radius 3 is 1.46 bits per heavy atom. The molecule has 0 fully saturated rings. The topological polar surface area (TPSA) is 45.8 Å². The van der Waals surface area contributed by atoms with Gasteiger partial charge in [-0.15, -0.1) is 0 Å². The fraction of sp³-hybridized carbons (Fsp3) is 0. The second-order valence-corrected chi connectivity index (χ2v) is 12.2. The first kappa shape index (κ1) is 23.0. The zero-order chi connectivity index (χ0) is 25.1. The van der Waals surface area contributed by atoms with E-state index in [1.165, 1.54) is 0 Å². The average molecular weight is 497 g/mol. The number of carbonyl (C=O) groups excluding carboxylic acids is 1. The summed E-state index contributed by atoms with van der Waals surface area (Å²) in [5, 5.41) is 4.00. The van der Waals surface area contributed by atoms with Crippen LogP contribution in [0.1, 0.15) is 16.2 Å². The molecule has 0 saturated carbocycles. The molecule has 0 amide bonds. The fourth-order valence-corrected chi connectivity index (χ4v) is 9.38. The van der Waals surface area contributed by atoms with Crippen molar-refractivity contribution < 1.29 is 4.79 Å². The Bertz CT molecular complexity index is 1590. The number of para-hydroxylation sites is 2. The number of nitrogens with one attached hydrogen (secondary N) is 1. The number of nitrogens with zero attached hydrogens (tertiary/aromatic N) is 1. The normalized spacial score (nSPS) is 11.4. The van der Waals surface area contributed by atoms with Crippen LogP contribution < -0.4 is 15.9 Å². The number of ketones is 1. The molecule has 1 aromatic heterocycles. The van der Waals surface area contributed by atoms with E-state index in [0.717, 1.165) is 26.9 Å². The van der Waals surface area contributed by atoms with E-state index in [9.17, 15) is 4.79 Å². The minimum atomic E-state index is -2.69. The number of imidazole rings is 1. The van der Waals surface area contributed by atoms with E-state index in [1.54, 1.807) is 0 Å². The third-order valence-electron chi connectivity index (χ3n) is 6.63. The maximum Gasteiger partial charge on any atom is 0.197 e. The van der Waals surface area contributed by atoms with Gasteiger partial charge >= 0.3 is 0 Å². The van der Waals surface area contributed by atoms with Crippen LogP contribution in [-0.4, -0.2) is 21.0 Å². The highest BCUT2D eigenvalue weighted by atomic mass is 31.2. The first-order valence-electron chi connectivity index (χ1n) is 12.3. The summed E-state index contributed by atoms with van der Waals surface area (Å²) in [5.41, 5.74) is 2.39. The van der Waals surface area contributed by atoms with Crippen LogP contribution in [0.4, 0.5) is 0 Å². The van der Waals surface area contributed by atoms with E-state index < -0.39 is 6.89 Å². The van der Waals surface area contributed by atoms with Crippen LogP contribution in [0.25, 0.3) is 11.0 Å². The maximum absolute atomic E-state index is 14.7. The Kier molecular flexibility index (Phi) is 6.14. The minimum Gasteiger partial charge on any atom is -0.338 e. The van der Waals surface area contributed by atoms with Gasteiger partial charge in [0, 0.05) is 5.56 Å². The lowest BCUT2D eigenvalue weighted by atomic mass is 10.1. The van der Waals surface area contributed by atoms with E-state index in [1.807, 2.05) is 72.8 Å². The quantitative estimate of drug-likeness (QED) is 0.228. The molecule has 1 heterocycles. The summed E-state index contributed by atoms with van der Waals surface area (Å²) < 4.78 is 0. The predicted molar refractivity (Wildman–Crippen MR) is 156 cm³/mol. The van der Waals surface area contributed by atoms with Crippen LogP contribution in [-0.2, 0) is 0 Å². The predicted octanol–water partition coefficient (Wildman–Crippen LogP) is 5.96. The third-order valence-corrected chi connectivity index (χ3v) is 10.9. The fourth-order valence-electron chi connectivity index (χ4n) is 5.00. The monoisotopic (exact) mass is 496 g/mol. The molecule has 4 heteroatoms. The Balaban J connectivity index is 1.88. The van der Waals surface area contributed by atoms with Crippen molar-refractivity contribution in [1.29, 1.82) is 0 Å². The summed E-state index contributed by atoms with van der Waals surface area (Å²) in [4.78, 5) is 23.3. The molecule has 178 valence electrons. The lowest BCUT2D eigenvalue weighted by Crippen LogP contribution is -2.34. The van der Waals surface area contributed by atoms with Gasteiger partial charge in [-0.3, -0.25) is 4.79 Å². The molecule has 3 nitrogen and oxygen atoms in total. The van der Waals surface area contributed by atoms with Crippen LogP contribution in [0.5, 0.6) is 0 Å². The lowest BCUT2D eigenvalue weighted by Gasteiger charge is -2.31. The van der Waals surface area contributed by atoms with E-state index in [4.69, 9.17) is 4.98 Å². The zero-order valence-corrected chi connectivity index (χ0v) is 21.1. The molecule has 0 bridgehead atoms. The summed E-state index contributed by atoms with van der Waals surface area (Å²) in [6.45, 7) is -2.69. The van der Waals surface area contributed by atoms with Gasteiger partial charge in [-0.05, 0) is 34.9 Å². The van der Waals surface area contributed by atoms with Crippen LogP contribution in [0.2, 0.25) is 0 Å². The highest BCUT2D eigenvalue weighted by Gasteiger charge is 2.35. The smallest absolute Gasteiger partial charge is 0.197 e. The van der Waals surface area contributed by atoms with Crippen molar-refractivity contribution in [1.82, 2.24) is 9.97 Å². The number of H-pyrrole nitrogens is 1. The van der Waals surface area contributed by atoms with Gasteiger partial charge in [-0.1, -0.05) is 133 Å². The SMILES string of the molecule is O=C(C(c1nc2ccccc2[nH]1)=P(c1ccccc1)(c1ccccc1)c1ccccc1)c1ccccc1. The second kappa shape index (κ2) is 9.89. The Labute approximate surface area is 216 Å². The number of benzene rings is 5. The number of aromatic nitrogens is 2. The molecule has 0 aliphatic carbocycles. The van der Waals surface area contributed by atoms with Crippen LogP contribution >= 0.6 is 6.89 Å². The number of rotatable bonds is 6. The zero-order valence-electron chi connectivity index (χ0n) is 20.2. The molecular formula is C33H25N2OP. The average Bonchev–Trinajstić information content (AvgIpc) is 3.41. The third kappa shape index (κ3) is 4.04. The molecule has 6 rings (SSSR count). The molecule has 0 aliphatic heterocycles. The first-order valence-corrected chi connectivity index (χ1v) is 14.1. The van der Waals surface area contributed by atoms with Crippen molar-refractivity contribution in [3.8, 4) is 0 Å². The summed E-state index contributed by atoms with van der Waals surface area (Å²) in [5.74, 6) is 0.587. The number of fused-ring (bicyclic) bond motifs is 1. The van der Waals surface area contributed by atoms with Gasteiger partial charge in [0.25, 0.3) is 0 Å². The molecule has 6 aromatic rings.